The van der Waals surface area contributed by atoms with Crippen LogP contribution in [-0.2, 0) is 4.79 Å². The van der Waals surface area contributed by atoms with Gasteiger partial charge >= 0.3 is 0 Å². The molecule has 0 heterocycles. The lowest BCUT2D eigenvalue weighted by Crippen LogP contribution is -2.41. The fourth-order valence-electron chi connectivity index (χ4n) is 6.14. The minimum atomic E-state index is -0.411. The summed E-state index contributed by atoms with van der Waals surface area (Å²) in [4.78, 5) is 14.6. The predicted molar refractivity (Wildman–Crippen MR) is 138 cm³/mol. The Balaban J connectivity index is 1.77. The van der Waals surface area contributed by atoms with Gasteiger partial charge in [0.15, 0.2) is 0 Å². The van der Waals surface area contributed by atoms with Crippen LogP contribution in [0.2, 0.25) is 0 Å². The Morgan fingerprint density at radius 3 is 2.48 bits per heavy atom. The molecule has 0 aromatic heterocycles. The van der Waals surface area contributed by atoms with Crippen LogP contribution in [0.15, 0.2) is 23.8 Å². The Kier molecular flexibility index (Phi) is 11.7. The first-order valence-electron chi connectivity index (χ1n) is 13.7. The first-order chi connectivity index (χ1) is 15.6. The highest BCUT2D eigenvalue weighted by Crippen LogP contribution is 2.48. The number of hydrogen-bond acceptors (Lipinski definition) is 3. The molecule has 6 atom stereocenters. The van der Waals surface area contributed by atoms with Crippen molar-refractivity contribution in [3.8, 4) is 0 Å². The summed E-state index contributed by atoms with van der Waals surface area (Å²) in [6.07, 6.45) is 15.7. The summed E-state index contributed by atoms with van der Waals surface area (Å²) in [6.45, 7) is 12.8. The molecule has 0 saturated heterocycles. The van der Waals surface area contributed by atoms with Gasteiger partial charge in [0.2, 0.25) is 5.91 Å². The normalized spacial score (nSPS) is 26.8. The standard InChI is InChI=1S/C29H51NO3/c1-7-8-11-22(6)16-25(31)14-15-26-27-18-23(17-24(27)19-28(26)32)12-9-10-13-29(33)30(20(2)3)21(4)5/h14-15,17,20-22,24-28,31-32H,7-13,16,18-19H2,1-6H3/t22-,24+,25-,26-,27+,28-/m1/s1. The summed E-state index contributed by atoms with van der Waals surface area (Å²) in [5.74, 6) is 1.88. The molecule has 2 aliphatic carbocycles. The number of fused-ring (bicyclic) bond motifs is 1. The van der Waals surface area contributed by atoms with Crippen LogP contribution in [0, 0.1) is 23.7 Å². The van der Waals surface area contributed by atoms with Gasteiger partial charge in [-0.2, -0.15) is 0 Å². The number of carbonyl (C=O) groups is 1. The second kappa shape index (κ2) is 13.7. The lowest BCUT2D eigenvalue weighted by molar-refractivity contribution is -0.134. The molecule has 0 aromatic carbocycles. The monoisotopic (exact) mass is 461 g/mol. The van der Waals surface area contributed by atoms with Crippen LogP contribution < -0.4 is 0 Å². The molecule has 0 bridgehead atoms. The molecule has 2 rings (SSSR count). The average molecular weight is 462 g/mol. The zero-order valence-corrected chi connectivity index (χ0v) is 22.2. The quantitative estimate of drug-likeness (QED) is 0.237. The maximum absolute atomic E-state index is 12.6. The van der Waals surface area contributed by atoms with Gasteiger partial charge in [0.25, 0.3) is 0 Å². The van der Waals surface area contributed by atoms with Crippen LogP contribution >= 0.6 is 0 Å². The molecular weight excluding hydrogens is 410 g/mol. The fourth-order valence-corrected chi connectivity index (χ4v) is 6.14. The van der Waals surface area contributed by atoms with Gasteiger partial charge in [-0.1, -0.05) is 56.9 Å². The van der Waals surface area contributed by atoms with E-state index in [4.69, 9.17) is 0 Å². The van der Waals surface area contributed by atoms with Crippen molar-refractivity contribution in [3.05, 3.63) is 23.8 Å². The van der Waals surface area contributed by atoms with E-state index in [9.17, 15) is 15.0 Å². The number of aliphatic hydroxyl groups excluding tert-OH is 2. The molecule has 0 unspecified atom stereocenters. The third-order valence-electron chi connectivity index (χ3n) is 7.74. The lowest BCUT2D eigenvalue weighted by Gasteiger charge is -2.30. The Hall–Kier alpha value is -1.13. The van der Waals surface area contributed by atoms with Gasteiger partial charge in [0, 0.05) is 24.4 Å². The Bertz CT molecular complexity index is 645. The zero-order valence-electron chi connectivity index (χ0n) is 22.2. The summed E-state index contributed by atoms with van der Waals surface area (Å²) < 4.78 is 0. The van der Waals surface area contributed by atoms with E-state index >= 15 is 0 Å². The van der Waals surface area contributed by atoms with Crippen molar-refractivity contribution < 1.29 is 15.0 Å². The van der Waals surface area contributed by atoms with Gasteiger partial charge in [-0.3, -0.25) is 4.79 Å². The molecule has 4 nitrogen and oxygen atoms in total. The first-order valence-corrected chi connectivity index (χ1v) is 13.7. The third-order valence-corrected chi connectivity index (χ3v) is 7.74. The molecular formula is C29H51NO3. The fraction of sp³-hybridized carbons (Fsp3) is 0.828. The molecule has 1 saturated carbocycles. The second-order valence-corrected chi connectivity index (χ2v) is 11.4. The summed E-state index contributed by atoms with van der Waals surface area (Å²) >= 11 is 0. The van der Waals surface area contributed by atoms with E-state index in [0.717, 1.165) is 38.5 Å². The molecule has 4 heteroatoms. The van der Waals surface area contributed by atoms with E-state index in [1.165, 1.54) is 24.8 Å². The minimum absolute atomic E-state index is 0.150. The number of carbonyl (C=O) groups excluding carboxylic acids is 1. The number of rotatable bonds is 14. The van der Waals surface area contributed by atoms with Crippen LogP contribution in [0.5, 0.6) is 0 Å². The number of aliphatic hydroxyl groups is 2. The van der Waals surface area contributed by atoms with Crippen molar-refractivity contribution >= 4 is 5.91 Å². The highest BCUT2D eigenvalue weighted by Gasteiger charge is 2.43. The van der Waals surface area contributed by atoms with Crippen LogP contribution in [0.25, 0.3) is 0 Å². The van der Waals surface area contributed by atoms with Crippen LogP contribution in [0.4, 0.5) is 0 Å². The van der Waals surface area contributed by atoms with E-state index in [2.05, 4.69) is 53.7 Å². The van der Waals surface area contributed by atoms with Gasteiger partial charge in [-0.15, -0.1) is 0 Å². The third kappa shape index (κ3) is 8.55. The summed E-state index contributed by atoms with van der Waals surface area (Å²) in [5, 5.41) is 21.0. The van der Waals surface area contributed by atoms with Crippen molar-refractivity contribution in [1.82, 2.24) is 4.90 Å². The van der Waals surface area contributed by atoms with Gasteiger partial charge in [0.1, 0.15) is 0 Å². The Morgan fingerprint density at radius 1 is 1.15 bits per heavy atom. The number of hydrogen-bond donors (Lipinski definition) is 2. The summed E-state index contributed by atoms with van der Waals surface area (Å²) in [6, 6.07) is 0.507. The van der Waals surface area contributed by atoms with Crippen molar-refractivity contribution in [2.45, 2.75) is 130 Å². The smallest absolute Gasteiger partial charge is 0.223 e. The predicted octanol–water partition coefficient (Wildman–Crippen LogP) is 6.27. The van der Waals surface area contributed by atoms with E-state index in [1.54, 1.807) is 0 Å². The summed E-state index contributed by atoms with van der Waals surface area (Å²) in [5.41, 5.74) is 1.50. The molecule has 2 aliphatic rings. The highest BCUT2D eigenvalue weighted by atomic mass is 16.3. The number of nitrogens with zero attached hydrogens (tertiary/aromatic N) is 1. The largest absolute Gasteiger partial charge is 0.392 e. The van der Waals surface area contributed by atoms with E-state index in [1.807, 2.05) is 11.0 Å². The molecule has 0 aromatic rings. The van der Waals surface area contributed by atoms with E-state index in [0.29, 0.717) is 24.2 Å². The molecule has 190 valence electrons. The van der Waals surface area contributed by atoms with Gasteiger partial charge < -0.3 is 15.1 Å². The molecule has 2 N–H and O–H groups in total. The van der Waals surface area contributed by atoms with Gasteiger partial charge in [-0.05, 0) is 84.0 Å². The Morgan fingerprint density at radius 2 is 1.85 bits per heavy atom. The van der Waals surface area contributed by atoms with E-state index in [-0.39, 0.29) is 30.0 Å². The van der Waals surface area contributed by atoms with Crippen LogP contribution in [0.1, 0.15) is 106 Å². The Labute approximate surface area is 203 Å². The van der Waals surface area contributed by atoms with Gasteiger partial charge in [-0.25, -0.2) is 0 Å². The topological polar surface area (TPSA) is 60.8 Å². The maximum Gasteiger partial charge on any atom is 0.223 e. The lowest BCUT2D eigenvalue weighted by atomic mass is 9.88. The average Bonchev–Trinajstić information content (AvgIpc) is 3.23. The zero-order chi connectivity index (χ0) is 24.5. The first kappa shape index (κ1) is 28.1. The second-order valence-electron chi connectivity index (χ2n) is 11.4. The van der Waals surface area contributed by atoms with Gasteiger partial charge in [0.05, 0.1) is 12.2 Å². The molecule has 1 amide bonds. The molecule has 0 radical (unpaired) electrons. The van der Waals surface area contributed by atoms with Crippen molar-refractivity contribution in [1.29, 1.82) is 0 Å². The van der Waals surface area contributed by atoms with Crippen molar-refractivity contribution in [3.63, 3.8) is 0 Å². The molecule has 1 fully saturated rings. The van der Waals surface area contributed by atoms with Crippen molar-refractivity contribution in [2.75, 3.05) is 0 Å². The summed E-state index contributed by atoms with van der Waals surface area (Å²) in [7, 11) is 0. The molecule has 33 heavy (non-hydrogen) atoms. The highest BCUT2D eigenvalue weighted by molar-refractivity contribution is 5.76. The maximum atomic E-state index is 12.6. The SMILES string of the molecule is CCCC[C@@H](C)C[C@H](O)C=C[C@@H]1[C@H]2CC(CCCCC(=O)N(C(C)C)C(C)C)=C[C@H]2C[C@H]1O. The molecule has 0 spiro atoms. The van der Waals surface area contributed by atoms with E-state index < -0.39 is 6.10 Å². The number of amides is 1. The van der Waals surface area contributed by atoms with Crippen LogP contribution in [-0.4, -0.2) is 45.3 Å². The number of unbranched alkanes of at least 4 members (excludes halogenated alkanes) is 2. The molecule has 0 aliphatic heterocycles. The van der Waals surface area contributed by atoms with Crippen LogP contribution in [0.3, 0.4) is 0 Å². The number of allylic oxidation sites excluding steroid dienone is 2. The van der Waals surface area contributed by atoms with Crippen molar-refractivity contribution in [2.24, 2.45) is 23.7 Å². The minimum Gasteiger partial charge on any atom is -0.392 e.